The van der Waals surface area contributed by atoms with Gasteiger partial charge in [0.1, 0.15) is 13.2 Å². The van der Waals surface area contributed by atoms with E-state index in [0.717, 1.165) is 38.8 Å². The number of halogens is 2. The second kappa shape index (κ2) is 11.6. The second-order valence-corrected chi connectivity index (χ2v) is 6.38. The van der Waals surface area contributed by atoms with Gasteiger partial charge in [-0.2, -0.15) is 0 Å². The standard InChI is InChI=1S/C17H23N3O4.2BrH/c21-16(14-6-2-8-18-14)23-10-12-4-1-5-13(20-12)11-24-17(22)15-7-3-9-19-15;;/h1,4-5,14-15,18-19H,2-3,6-11H2;2*1H/t14-,15-;;/m0../s1. The smallest absolute Gasteiger partial charge is 0.365 e. The molecule has 3 rings (SSSR count). The third-order valence-corrected chi connectivity index (χ3v) is 4.54. The van der Waals surface area contributed by atoms with Gasteiger partial charge in [-0.25, -0.2) is 9.59 Å². The van der Waals surface area contributed by atoms with Gasteiger partial charge in [-0.15, -0.1) is 0 Å². The molecule has 2 fully saturated rings. The van der Waals surface area contributed by atoms with E-state index in [1.54, 1.807) is 0 Å². The van der Waals surface area contributed by atoms with Crippen molar-refractivity contribution in [3.63, 3.8) is 0 Å². The predicted octanol–water partition coefficient (Wildman–Crippen LogP) is -7.37. The SMILES string of the molecule is O=C(OCc1cccc(COC(=O)[C@@H]2CCC[NH2+]2)n1)[C@@H]1CCC[NH2+]1.[Br-].[Br-]. The van der Waals surface area contributed by atoms with Gasteiger partial charge in [0.2, 0.25) is 0 Å². The lowest BCUT2D eigenvalue weighted by Crippen LogP contribution is -3.00. The van der Waals surface area contributed by atoms with E-state index in [9.17, 15) is 9.59 Å². The summed E-state index contributed by atoms with van der Waals surface area (Å²) in [6.07, 6.45) is 3.86. The Morgan fingerprint density at radius 3 is 1.77 bits per heavy atom. The van der Waals surface area contributed by atoms with Crippen LogP contribution in [0.5, 0.6) is 0 Å². The van der Waals surface area contributed by atoms with Crippen molar-refractivity contribution in [3.8, 4) is 0 Å². The molecule has 0 radical (unpaired) electrons. The number of hydrogen-bond acceptors (Lipinski definition) is 5. The number of esters is 2. The first-order valence-electron chi connectivity index (χ1n) is 8.67. The molecule has 0 unspecified atom stereocenters. The summed E-state index contributed by atoms with van der Waals surface area (Å²) < 4.78 is 10.7. The number of rotatable bonds is 6. The van der Waals surface area contributed by atoms with Gasteiger partial charge in [0.25, 0.3) is 0 Å². The van der Waals surface area contributed by atoms with Crippen molar-refractivity contribution in [1.29, 1.82) is 0 Å². The molecule has 4 N–H and O–H groups in total. The molecule has 0 amide bonds. The Hall–Kier alpha value is -1.03. The average Bonchev–Trinajstić information content (AvgIpc) is 3.31. The van der Waals surface area contributed by atoms with Gasteiger partial charge in [0.05, 0.1) is 24.5 Å². The van der Waals surface area contributed by atoms with Crippen molar-refractivity contribution in [2.75, 3.05) is 13.1 Å². The van der Waals surface area contributed by atoms with Gasteiger partial charge in [-0.05, 0) is 12.1 Å². The van der Waals surface area contributed by atoms with Crippen molar-refractivity contribution < 1.29 is 63.7 Å². The third kappa shape index (κ3) is 6.61. The molecule has 1 aromatic rings. The third-order valence-electron chi connectivity index (χ3n) is 4.54. The fourth-order valence-electron chi connectivity index (χ4n) is 3.17. The zero-order chi connectivity index (χ0) is 16.8. The van der Waals surface area contributed by atoms with E-state index in [4.69, 9.17) is 9.47 Å². The van der Waals surface area contributed by atoms with Crippen LogP contribution in [-0.2, 0) is 32.3 Å². The highest BCUT2D eigenvalue weighted by Crippen LogP contribution is 2.07. The molecule has 7 nitrogen and oxygen atoms in total. The molecule has 9 heteroatoms. The van der Waals surface area contributed by atoms with Crippen LogP contribution >= 0.6 is 0 Å². The van der Waals surface area contributed by atoms with Crippen molar-refractivity contribution in [1.82, 2.24) is 4.98 Å². The Balaban J connectivity index is 0.00000169. The molecule has 3 heterocycles. The number of aromatic nitrogens is 1. The summed E-state index contributed by atoms with van der Waals surface area (Å²) >= 11 is 0. The molecule has 2 aliphatic rings. The summed E-state index contributed by atoms with van der Waals surface area (Å²) in [7, 11) is 0. The Morgan fingerprint density at radius 1 is 0.923 bits per heavy atom. The van der Waals surface area contributed by atoms with E-state index in [0.29, 0.717) is 11.4 Å². The lowest BCUT2D eigenvalue weighted by Gasteiger charge is -2.10. The fourth-order valence-corrected chi connectivity index (χ4v) is 3.17. The normalized spacial score (nSPS) is 21.4. The minimum atomic E-state index is -0.178. The molecule has 1 aromatic heterocycles. The van der Waals surface area contributed by atoms with Crippen LogP contribution in [0.4, 0.5) is 0 Å². The second-order valence-electron chi connectivity index (χ2n) is 6.38. The zero-order valence-corrected chi connectivity index (χ0v) is 17.7. The minimum absolute atomic E-state index is 0. The van der Waals surface area contributed by atoms with Crippen molar-refractivity contribution >= 4 is 11.9 Å². The summed E-state index contributed by atoms with van der Waals surface area (Å²) in [6, 6.07) is 5.31. The number of nitrogens with two attached hydrogens (primary N) is 2. The monoisotopic (exact) mass is 493 g/mol. The molecule has 2 atom stereocenters. The van der Waals surface area contributed by atoms with Crippen molar-refractivity contribution in [2.24, 2.45) is 0 Å². The number of carbonyl (C=O) groups excluding carboxylic acids is 2. The maximum Gasteiger partial charge on any atom is 0.365 e. The van der Waals surface area contributed by atoms with Gasteiger partial charge >= 0.3 is 11.9 Å². The molecular weight excluding hydrogens is 470 g/mol. The van der Waals surface area contributed by atoms with Crippen LogP contribution in [0.2, 0.25) is 0 Å². The molecule has 2 aliphatic heterocycles. The van der Waals surface area contributed by atoms with E-state index < -0.39 is 0 Å². The highest BCUT2D eigenvalue weighted by molar-refractivity contribution is 5.74. The number of quaternary nitrogens is 2. The molecule has 2 saturated heterocycles. The van der Waals surface area contributed by atoms with Gasteiger partial charge in [0.15, 0.2) is 12.1 Å². The van der Waals surface area contributed by atoms with E-state index in [1.165, 1.54) is 0 Å². The summed E-state index contributed by atoms with van der Waals surface area (Å²) in [4.78, 5) is 28.2. The number of pyridine rings is 1. The van der Waals surface area contributed by atoms with E-state index >= 15 is 0 Å². The zero-order valence-electron chi connectivity index (χ0n) is 14.5. The topological polar surface area (TPSA) is 98.7 Å². The van der Waals surface area contributed by atoms with Crippen LogP contribution in [0.3, 0.4) is 0 Å². The summed E-state index contributed by atoms with van der Waals surface area (Å²) in [5.74, 6) is -0.356. The maximum atomic E-state index is 11.9. The molecule has 0 aromatic carbocycles. The Labute approximate surface area is 174 Å². The van der Waals surface area contributed by atoms with Crippen molar-refractivity contribution in [3.05, 3.63) is 29.6 Å². The largest absolute Gasteiger partial charge is 1.00 e. The summed E-state index contributed by atoms with van der Waals surface area (Å²) in [5, 5.41) is 4.04. The highest BCUT2D eigenvalue weighted by Gasteiger charge is 2.28. The lowest BCUT2D eigenvalue weighted by molar-refractivity contribution is -0.659. The van der Waals surface area contributed by atoms with Crippen LogP contribution < -0.4 is 44.6 Å². The van der Waals surface area contributed by atoms with E-state index in [2.05, 4.69) is 4.98 Å². The number of carbonyl (C=O) groups is 2. The van der Waals surface area contributed by atoms with Crippen LogP contribution in [0.1, 0.15) is 37.1 Å². The Bertz CT molecular complexity index is 544. The first kappa shape index (κ1) is 23.0. The van der Waals surface area contributed by atoms with Crippen LogP contribution in [0, 0.1) is 0 Å². The molecular formula is C17H25Br2N3O4. The Morgan fingerprint density at radius 2 is 1.38 bits per heavy atom. The van der Waals surface area contributed by atoms with Crippen LogP contribution in [-0.4, -0.2) is 42.1 Å². The lowest BCUT2D eigenvalue weighted by atomic mass is 10.2. The molecule has 0 saturated carbocycles. The van der Waals surface area contributed by atoms with Crippen LogP contribution in [0.15, 0.2) is 18.2 Å². The fraction of sp³-hybridized carbons (Fsp3) is 0.588. The molecule has 146 valence electrons. The highest BCUT2D eigenvalue weighted by atomic mass is 79.9. The first-order valence-corrected chi connectivity index (χ1v) is 8.67. The molecule has 0 bridgehead atoms. The van der Waals surface area contributed by atoms with E-state index in [-0.39, 0.29) is 71.2 Å². The van der Waals surface area contributed by atoms with Crippen molar-refractivity contribution in [2.45, 2.75) is 51.0 Å². The quantitative estimate of drug-likeness (QED) is 0.383. The molecule has 0 aliphatic carbocycles. The van der Waals surface area contributed by atoms with Crippen LogP contribution in [0.25, 0.3) is 0 Å². The number of nitrogens with zero attached hydrogens (tertiary/aromatic N) is 1. The first-order chi connectivity index (χ1) is 11.7. The van der Waals surface area contributed by atoms with Gasteiger partial charge < -0.3 is 54.1 Å². The summed E-state index contributed by atoms with van der Waals surface area (Å²) in [5.41, 5.74) is 1.34. The average molecular weight is 495 g/mol. The number of ether oxygens (including phenoxy) is 2. The van der Waals surface area contributed by atoms with E-state index in [1.807, 2.05) is 28.8 Å². The summed E-state index contributed by atoms with van der Waals surface area (Å²) in [6.45, 7) is 2.28. The predicted molar refractivity (Wildman–Crippen MR) is 83.5 cm³/mol. The Kier molecular flexibility index (Phi) is 10.3. The molecule has 0 spiro atoms. The van der Waals surface area contributed by atoms with Gasteiger partial charge in [-0.1, -0.05) is 6.07 Å². The maximum absolute atomic E-state index is 11.9. The number of hydrogen-bond donors (Lipinski definition) is 2. The minimum Gasteiger partial charge on any atom is -1.00 e. The molecule has 26 heavy (non-hydrogen) atoms. The van der Waals surface area contributed by atoms with Gasteiger partial charge in [-0.3, -0.25) is 4.98 Å². The van der Waals surface area contributed by atoms with Gasteiger partial charge in [0, 0.05) is 25.7 Å².